The minimum Gasteiger partial charge on any atom is -0.358 e. The number of H-pyrrole nitrogens is 1. The summed E-state index contributed by atoms with van der Waals surface area (Å²) in [7, 11) is -3.41. The van der Waals surface area contributed by atoms with Gasteiger partial charge < -0.3 is 4.98 Å². The fourth-order valence-corrected chi connectivity index (χ4v) is 5.63. The van der Waals surface area contributed by atoms with Crippen LogP contribution in [0.5, 0.6) is 0 Å². The predicted molar refractivity (Wildman–Crippen MR) is 88.9 cm³/mol. The largest absolute Gasteiger partial charge is 0.358 e. The lowest BCUT2D eigenvalue weighted by Gasteiger charge is -2.25. The molecule has 0 amide bonds. The average molecular weight is 353 g/mol. The first-order valence-electron chi connectivity index (χ1n) is 6.88. The van der Waals surface area contributed by atoms with E-state index in [0.717, 1.165) is 22.2 Å². The van der Waals surface area contributed by atoms with Crippen molar-refractivity contribution in [3.8, 4) is 0 Å². The summed E-state index contributed by atoms with van der Waals surface area (Å²) in [5.41, 5.74) is 3.14. The predicted octanol–water partition coefficient (Wildman–Crippen LogP) is 3.63. The second-order valence-corrected chi connectivity index (χ2v) is 8.84. The molecular weight excluding hydrogens is 340 g/mol. The minimum atomic E-state index is -3.41. The standard InChI is InChI=1S/C15H13ClN2O2S2/c16-10-3-4-13-11(8-10)12-9-18(6-5-14(12)17-13)22(19,20)15-2-1-7-21-15/h1-4,7-8,17H,5-6,9H2. The second-order valence-electron chi connectivity index (χ2n) is 5.29. The quantitative estimate of drug-likeness (QED) is 0.765. The third-order valence-electron chi connectivity index (χ3n) is 3.99. The summed E-state index contributed by atoms with van der Waals surface area (Å²) in [5.74, 6) is 0. The molecule has 22 heavy (non-hydrogen) atoms. The van der Waals surface area contributed by atoms with Gasteiger partial charge in [0.05, 0.1) is 0 Å². The van der Waals surface area contributed by atoms with E-state index in [1.165, 1.54) is 11.3 Å². The number of aromatic amines is 1. The number of sulfonamides is 1. The van der Waals surface area contributed by atoms with Crippen molar-refractivity contribution in [3.63, 3.8) is 0 Å². The van der Waals surface area contributed by atoms with Crippen molar-refractivity contribution in [2.75, 3.05) is 6.54 Å². The van der Waals surface area contributed by atoms with Crippen molar-refractivity contribution in [3.05, 3.63) is 52.0 Å². The number of nitrogens with zero attached hydrogens (tertiary/aromatic N) is 1. The van der Waals surface area contributed by atoms with Crippen molar-refractivity contribution in [1.29, 1.82) is 0 Å². The zero-order chi connectivity index (χ0) is 15.3. The highest BCUT2D eigenvalue weighted by atomic mass is 35.5. The van der Waals surface area contributed by atoms with E-state index in [4.69, 9.17) is 11.6 Å². The fraction of sp³-hybridized carbons (Fsp3) is 0.200. The summed E-state index contributed by atoms with van der Waals surface area (Å²) in [5, 5.41) is 3.45. The second kappa shape index (κ2) is 5.09. The molecule has 0 aliphatic carbocycles. The van der Waals surface area contributed by atoms with Gasteiger partial charge in [-0.2, -0.15) is 4.31 Å². The van der Waals surface area contributed by atoms with Gasteiger partial charge in [0.25, 0.3) is 10.0 Å². The maximum atomic E-state index is 12.7. The van der Waals surface area contributed by atoms with Gasteiger partial charge >= 0.3 is 0 Å². The Balaban J connectivity index is 1.78. The molecule has 0 saturated heterocycles. The van der Waals surface area contributed by atoms with Crippen LogP contribution in [0.2, 0.25) is 5.02 Å². The molecule has 0 atom stereocenters. The lowest BCUT2D eigenvalue weighted by atomic mass is 10.1. The van der Waals surface area contributed by atoms with Crippen molar-refractivity contribution < 1.29 is 8.42 Å². The molecule has 114 valence electrons. The van der Waals surface area contributed by atoms with Gasteiger partial charge in [-0.3, -0.25) is 0 Å². The Labute approximate surface area is 137 Å². The van der Waals surface area contributed by atoms with Gasteiger partial charge in [-0.1, -0.05) is 17.7 Å². The molecule has 0 radical (unpaired) electrons. The number of hydrogen-bond acceptors (Lipinski definition) is 3. The van der Waals surface area contributed by atoms with E-state index in [1.54, 1.807) is 21.8 Å². The van der Waals surface area contributed by atoms with Crippen LogP contribution in [-0.4, -0.2) is 24.3 Å². The van der Waals surface area contributed by atoms with Crippen LogP contribution in [0.15, 0.2) is 39.9 Å². The normalized spacial score (nSPS) is 16.0. The monoisotopic (exact) mass is 352 g/mol. The van der Waals surface area contributed by atoms with Gasteiger partial charge in [0.1, 0.15) is 4.21 Å². The number of thiophene rings is 1. The number of hydrogen-bond donors (Lipinski definition) is 1. The molecule has 0 spiro atoms. The molecule has 0 bridgehead atoms. The van der Waals surface area contributed by atoms with Crippen LogP contribution in [-0.2, 0) is 23.0 Å². The number of nitrogens with one attached hydrogen (secondary N) is 1. The molecule has 4 rings (SSSR count). The summed E-state index contributed by atoms with van der Waals surface area (Å²) in [4.78, 5) is 3.37. The highest BCUT2D eigenvalue weighted by molar-refractivity contribution is 7.91. The fourth-order valence-electron chi connectivity index (χ4n) is 2.90. The van der Waals surface area contributed by atoms with Crippen molar-refractivity contribution >= 4 is 43.9 Å². The molecule has 1 aliphatic heterocycles. The summed E-state index contributed by atoms with van der Waals surface area (Å²) < 4.78 is 27.3. The Bertz CT molecular complexity index is 945. The van der Waals surface area contributed by atoms with Gasteiger partial charge in [0.2, 0.25) is 0 Å². The van der Waals surface area contributed by atoms with E-state index in [1.807, 2.05) is 18.2 Å². The van der Waals surface area contributed by atoms with Crippen LogP contribution < -0.4 is 0 Å². The highest BCUT2D eigenvalue weighted by Gasteiger charge is 2.30. The smallest absolute Gasteiger partial charge is 0.252 e. The zero-order valence-corrected chi connectivity index (χ0v) is 13.9. The molecule has 2 aromatic heterocycles. The minimum absolute atomic E-state index is 0.385. The Morgan fingerprint density at radius 2 is 2.14 bits per heavy atom. The van der Waals surface area contributed by atoms with Gasteiger partial charge in [-0.25, -0.2) is 8.42 Å². The SMILES string of the molecule is O=S(=O)(c1cccs1)N1CCc2[nH]c3ccc(Cl)cc3c2C1. The maximum Gasteiger partial charge on any atom is 0.252 e. The van der Waals surface area contributed by atoms with Crippen LogP contribution in [0.25, 0.3) is 10.9 Å². The molecule has 0 saturated carbocycles. The third-order valence-corrected chi connectivity index (χ3v) is 7.44. The Kier molecular flexibility index (Phi) is 3.30. The van der Waals surface area contributed by atoms with Crippen LogP contribution in [0.3, 0.4) is 0 Å². The molecule has 7 heteroatoms. The van der Waals surface area contributed by atoms with Crippen LogP contribution in [0.1, 0.15) is 11.3 Å². The molecular formula is C15H13ClN2O2S2. The lowest BCUT2D eigenvalue weighted by Crippen LogP contribution is -2.35. The van der Waals surface area contributed by atoms with Gasteiger partial charge in [0, 0.05) is 41.1 Å². The van der Waals surface area contributed by atoms with Crippen molar-refractivity contribution in [2.24, 2.45) is 0 Å². The first kappa shape index (κ1) is 14.3. The Hall–Kier alpha value is -1.34. The third kappa shape index (κ3) is 2.18. The van der Waals surface area contributed by atoms with E-state index >= 15 is 0 Å². The lowest BCUT2D eigenvalue weighted by molar-refractivity contribution is 0.392. The topological polar surface area (TPSA) is 53.2 Å². The summed E-state index contributed by atoms with van der Waals surface area (Å²) in [6, 6.07) is 9.09. The van der Waals surface area contributed by atoms with Gasteiger partial charge in [0.15, 0.2) is 0 Å². The highest BCUT2D eigenvalue weighted by Crippen LogP contribution is 2.32. The Morgan fingerprint density at radius 3 is 2.91 bits per heavy atom. The molecule has 1 N–H and O–H groups in total. The number of rotatable bonds is 2. The Morgan fingerprint density at radius 1 is 1.27 bits per heavy atom. The van der Waals surface area contributed by atoms with Crippen LogP contribution in [0.4, 0.5) is 0 Å². The summed E-state index contributed by atoms with van der Waals surface area (Å²) >= 11 is 7.34. The molecule has 3 heterocycles. The molecule has 3 aromatic rings. The van der Waals surface area contributed by atoms with Crippen molar-refractivity contribution in [1.82, 2.24) is 9.29 Å². The van der Waals surface area contributed by atoms with E-state index in [2.05, 4.69) is 4.98 Å². The zero-order valence-electron chi connectivity index (χ0n) is 11.5. The number of fused-ring (bicyclic) bond motifs is 3. The molecule has 4 nitrogen and oxygen atoms in total. The van der Waals surface area contributed by atoms with Crippen molar-refractivity contribution in [2.45, 2.75) is 17.2 Å². The molecule has 1 aliphatic rings. The molecule has 1 aromatic carbocycles. The van der Waals surface area contributed by atoms with E-state index < -0.39 is 10.0 Å². The maximum absolute atomic E-state index is 12.7. The van der Waals surface area contributed by atoms with E-state index in [-0.39, 0.29) is 0 Å². The number of benzene rings is 1. The molecule has 0 fully saturated rings. The number of aromatic nitrogens is 1. The first-order chi connectivity index (χ1) is 10.6. The summed E-state index contributed by atoms with van der Waals surface area (Å²) in [6.07, 6.45) is 0.687. The van der Waals surface area contributed by atoms with Crippen LogP contribution in [0, 0.1) is 0 Å². The van der Waals surface area contributed by atoms with Gasteiger partial charge in [-0.05, 0) is 35.2 Å². The average Bonchev–Trinajstić information content (AvgIpc) is 3.14. The van der Waals surface area contributed by atoms with E-state index in [0.29, 0.717) is 28.7 Å². The summed E-state index contributed by atoms with van der Waals surface area (Å²) in [6.45, 7) is 0.879. The van der Waals surface area contributed by atoms with E-state index in [9.17, 15) is 8.42 Å². The van der Waals surface area contributed by atoms with Gasteiger partial charge in [-0.15, -0.1) is 11.3 Å². The first-order valence-corrected chi connectivity index (χ1v) is 9.58. The number of halogens is 1. The molecule has 0 unspecified atom stereocenters. The van der Waals surface area contributed by atoms with Crippen LogP contribution >= 0.6 is 22.9 Å².